The first-order valence-corrected chi connectivity index (χ1v) is 6.08. The highest BCUT2D eigenvalue weighted by Gasteiger charge is 2.33. The zero-order valence-electron chi connectivity index (χ0n) is 11.5. The van der Waals surface area contributed by atoms with E-state index in [0.717, 1.165) is 0 Å². The van der Waals surface area contributed by atoms with Gasteiger partial charge in [0.05, 0.1) is 25.8 Å². The number of ether oxygens (including phenoxy) is 2. The van der Waals surface area contributed by atoms with Crippen molar-refractivity contribution in [3.8, 4) is 5.75 Å². The summed E-state index contributed by atoms with van der Waals surface area (Å²) < 4.78 is 10.1. The lowest BCUT2D eigenvalue weighted by molar-refractivity contribution is -0.136. The number of rotatable bonds is 3. The maximum atomic E-state index is 12.0. The number of allylic oxidation sites excluding steroid dienone is 1. The summed E-state index contributed by atoms with van der Waals surface area (Å²) in [6, 6.07) is 6.23. The molecule has 2 rings (SSSR count). The van der Waals surface area contributed by atoms with Crippen molar-refractivity contribution in [1.82, 2.24) is 10.6 Å². The van der Waals surface area contributed by atoms with E-state index in [-0.39, 0.29) is 6.03 Å². The standard InChI is InChI=1S/C14H16N2O4/c1-8-11(13(17)20-3)12(16-14(18)15-8)9-6-4-5-7-10(9)19-2/h4-7,12H,1-3H3,(H2,15,16,18)/t12-/m1/s1. The highest BCUT2D eigenvalue weighted by atomic mass is 16.5. The van der Waals surface area contributed by atoms with Crippen LogP contribution in [0.2, 0.25) is 0 Å². The molecule has 1 aromatic carbocycles. The molecule has 0 aromatic heterocycles. The third kappa shape index (κ3) is 2.45. The molecule has 0 saturated heterocycles. The molecule has 1 aromatic rings. The van der Waals surface area contributed by atoms with Crippen LogP contribution >= 0.6 is 0 Å². The molecule has 0 unspecified atom stereocenters. The number of hydrogen-bond donors (Lipinski definition) is 2. The Hall–Kier alpha value is -2.50. The Morgan fingerprint density at radius 1 is 1.25 bits per heavy atom. The molecule has 0 saturated carbocycles. The van der Waals surface area contributed by atoms with Gasteiger partial charge in [0, 0.05) is 11.3 Å². The molecule has 1 heterocycles. The predicted molar refractivity (Wildman–Crippen MR) is 72.1 cm³/mol. The molecule has 106 valence electrons. The van der Waals surface area contributed by atoms with Crippen LogP contribution in [0.4, 0.5) is 4.79 Å². The average Bonchev–Trinajstić information content (AvgIpc) is 2.45. The molecular weight excluding hydrogens is 260 g/mol. The van der Waals surface area contributed by atoms with Crippen LogP contribution in [0.5, 0.6) is 5.75 Å². The van der Waals surface area contributed by atoms with Crippen molar-refractivity contribution in [2.24, 2.45) is 0 Å². The van der Waals surface area contributed by atoms with Gasteiger partial charge in [-0.1, -0.05) is 18.2 Å². The van der Waals surface area contributed by atoms with Crippen LogP contribution in [0.3, 0.4) is 0 Å². The number of benzene rings is 1. The van der Waals surface area contributed by atoms with Gasteiger partial charge in [-0.25, -0.2) is 9.59 Å². The molecule has 1 aliphatic heterocycles. The first kappa shape index (κ1) is 13.9. The fraction of sp³-hybridized carbons (Fsp3) is 0.286. The maximum absolute atomic E-state index is 12.0. The molecule has 6 nitrogen and oxygen atoms in total. The zero-order chi connectivity index (χ0) is 14.7. The van der Waals surface area contributed by atoms with Crippen LogP contribution in [-0.2, 0) is 9.53 Å². The second kappa shape index (κ2) is 5.64. The van der Waals surface area contributed by atoms with Gasteiger partial charge in [0.25, 0.3) is 0 Å². The van der Waals surface area contributed by atoms with Gasteiger partial charge in [0.15, 0.2) is 0 Å². The lowest BCUT2D eigenvalue weighted by atomic mass is 9.95. The largest absolute Gasteiger partial charge is 0.496 e. The van der Waals surface area contributed by atoms with Crippen molar-refractivity contribution >= 4 is 12.0 Å². The number of methoxy groups -OCH3 is 2. The summed E-state index contributed by atoms with van der Waals surface area (Å²) in [6.07, 6.45) is 0. The highest BCUT2D eigenvalue weighted by Crippen LogP contribution is 2.33. The minimum atomic E-state index is -0.604. The Morgan fingerprint density at radius 2 is 1.95 bits per heavy atom. The Labute approximate surface area is 116 Å². The normalized spacial score (nSPS) is 18.1. The van der Waals surface area contributed by atoms with E-state index in [1.165, 1.54) is 14.2 Å². The van der Waals surface area contributed by atoms with E-state index in [1.807, 2.05) is 12.1 Å². The van der Waals surface area contributed by atoms with E-state index < -0.39 is 12.0 Å². The Balaban J connectivity index is 2.54. The molecule has 1 aliphatic rings. The number of para-hydroxylation sites is 1. The first-order valence-electron chi connectivity index (χ1n) is 6.08. The lowest BCUT2D eigenvalue weighted by Crippen LogP contribution is -2.45. The summed E-state index contributed by atoms with van der Waals surface area (Å²) in [7, 11) is 2.84. The fourth-order valence-corrected chi connectivity index (χ4v) is 2.21. The van der Waals surface area contributed by atoms with Crippen LogP contribution < -0.4 is 15.4 Å². The third-order valence-corrected chi connectivity index (χ3v) is 3.12. The van der Waals surface area contributed by atoms with Gasteiger partial charge in [0.1, 0.15) is 5.75 Å². The minimum absolute atomic E-state index is 0.358. The van der Waals surface area contributed by atoms with Gasteiger partial charge in [0.2, 0.25) is 0 Å². The molecule has 0 fully saturated rings. The molecule has 0 spiro atoms. The van der Waals surface area contributed by atoms with Gasteiger partial charge in [-0.05, 0) is 13.0 Å². The van der Waals surface area contributed by atoms with Crippen LogP contribution in [0.25, 0.3) is 0 Å². The lowest BCUT2D eigenvalue weighted by Gasteiger charge is -2.28. The smallest absolute Gasteiger partial charge is 0.337 e. The van der Waals surface area contributed by atoms with Crippen molar-refractivity contribution in [1.29, 1.82) is 0 Å². The van der Waals surface area contributed by atoms with E-state index in [0.29, 0.717) is 22.6 Å². The summed E-state index contributed by atoms with van der Waals surface area (Å²) in [6.45, 7) is 1.66. The molecule has 2 amide bonds. The molecule has 20 heavy (non-hydrogen) atoms. The molecular formula is C14H16N2O4. The Kier molecular flexibility index (Phi) is 3.93. The number of carbonyl (C=O) groups excluding carboxylic acids is 2. The van der Waals surface area contributed by atoms with Crippen molar-refractivity contribution < 1.29 is 19.1 Å². The van der Waals surface area contributed by atoms with Gasteiger partial charge >= 0.3 is 12.0 Å². The molecule has 0 radical (unpaired) electrons. The highest BCUT2D eigenvalue weighted by molar-refractivity contribution is 5.95. The first-order chi connectivity index (χ1) is 9.58. The van der Waals surface area contributed by atoms with Crippen molar-refractivity contribution in [3.63, 3.8) is 0 Å². The molecule has 0 aliphatic carbocycles. The molecule has 2 N–H and O–H groups in total. The summed E-state index contributed by atoms with van der Waals surface area (Å²) in [5.41, 5.74) is 1.53. The van der Waals surface area contributed by atoms with Gasteiger partial charge in [-0.2, -0.15) is 0 Å². The van der Waals surface area contributed by atoms with E-state index in [4.69, 9.17) is 9.47 Å². The van der Waals surface area contributed by atoms with E-state index in [2.05, 4.69) is 10.6 Å². The van der Waals surface area contributed by atoms with Crippen molar-refractivity contribution in [2.75, 3.05) is 14.2 Å². The zero-order valence-corrected chi connectivity index (χ0v) is 11.5. The summed E-state index contributed by atoms with van der Waals surface area (Å²) in [5, 5.41) is 5.28. The van der Waals surface area contributed by atoms with Crippen LogP contribution in [-0.4, -0.2) is 26.2 Å². The summed E-state index contributed by atoms with van der Waals surface area (Å²) in [4.78, 5) is 23.6. The number of urea groups is 1. The number of nitrogens with one attached hydrogen (secondary N) is 2. The van der Waals surface area contributed by atoms with Gasteiger partial charge < -0.3 is 20.1 Å². The minimum Gasteiger partial charge on any atom is -0.496 e. The number of carbonyl (C=O) groups is 2. The number of hydrogen-bond acceptors (Lipinski definition) is 4. The number of esters is 1. The van der Waals surface area contributed by atoms with Crippen LogP contribution in [0.1, 0.15) is 18.5 Å². The van der Waals surface area contributed by atoms with E-state index >= 15 is 0 Å². The van der Waals surface area contributed by atoms with Crippen molar-refractivity contribution in [3.05, 3.63) is 41.1 Å². The van der Waals surface area contributed by atoms with Crippen LogP contribution in [0, 0.1) is 0 Å². The quantitative estimate of drug-likeness (QED) is 0.820. The molecule has 6 heteroatoms. The van der Waals surface area contributed by atoms with Crippen molar-refractivity contribution in [2.45, 2.75) is 13.0 Å². The second-order valence-corrected chi connectivity index (χ2v) is 4.30. The monoisotopic (exact) mass is 276 g/mol. The SMILES string of the molecule is COC(=O)C1=C(C)NC(=O)N[C@@H]1c1ccccc1OC. The van der Waals surface area contributed by atoms with Crippen LogP contribution in [0.15, 0.2) is 35.5 Å². The Bertz CT molecular complexity index is 580. The summed E-state index contributed by atoms with van der Waals surface area (Å²) >= 11 is 0. The number of amides is 2. The second-order valence-electron chi connectivity index (χ2n) is 4.30. The predicted octanol–water partition coefficient (Wildman–Crippen LogP) is 1.50. The third-order valence-electron chi connectivity index (χ3n) is 3.12. The van der Waals surface area contributed by atoms with E-state index in [1.54, 1.807) is 19.1 Å². The van der Waals surface area contributed by atoms with Gasteiger partial charge in [-0.15, -0.1) is 0 Å². The maximum Gasteiger partial charge on any atom is 0.337 e. The molecule has 0 bridgehead atoms. The summed E-state index contributed by atoms with van der Waals surface area (Å²) in [5.74, 6) is 0.0970. The van der Waals surface area contributed by atoms with Gasteiger partial charge in [-0.3, -0.25) is 0 Å². The molecule has 1 atom stereocenters. The average molecular weight is 276 g/mol. The van der Waals surface area contributed by atoms with E-state index in [9.17, 15) is 9.59 Å². The Morgan fingerprint density at radius 3 is 2.60 bits per heavy atom. The topological polar surface area (TPSA) is 76.7 Å². The fourth-order valence-electron chi connectivity index (χ4n) is 2.21.